The topological polar surface area (TPSA) is 54.0 Å². The second-order valence-electron chi connectivity index (χ2n) is 4.72. The average molecular weight is 399 g/mol. The molecule has 0 unspecified atom stereocenters. The van der Waals surface area contributed by atoms with Crippen molar-refractivity contribution in [2.45, 2.75) is 0 Å². The Labute approximate surface area is 157 Å². The third kappa shape index (κ3) is 3.99. The zero-order valence-corrected chi connectivity index (χ0v) is 15.1. The van der Waals surface area contributed by atoms with Crippen LogP contribution in [-0.4, -0.2) is 11.0 Å². The van der Waals surface area contributed by atoms with Crippen LogP contribution in [0.2, 0.25) is 15.1 Å². The van der Waals surface area contributed by atoms with E-state index in [2.05, 4.69) is 15.6 Å². The second kappa shape index (κ2) is 7.40. The number of carbonyl (C=O) groups excluding carboxylic acids is 1. The van der Waals surface area contributed by atoms with E-state index in [1.807, 2.05) is 0 Å². The number of urea groups is 1. The van der Waals surface area contributed by atoms with Gasteiger partial charge in [-0.3, -0.25) is 5.32 Å². The summed E-state index contributed by atoms with van der Waals surface area (Å²) in [5, 5.41) is 9.12. The van der Waals surface area contributed by atoms with Gasteiger partial charge in [-0.25, -0.2) is 9.78 Å². The largest absolute Gasteiger partial charge is 0.325 e. The third-order valence-corrected chi connectivity index (χ3v) is 4.70. The number of hydrogen-bond acceptors (Lipinski definition) is 3. The molecule has 8 heteroatoms. The smallest absolute Gasteiger partial charge is 0.306 e. The summed E-state index contributed by atoms with van der Waals surface area (Å²) in [5.74, 6) is 0. The lowest BCUT2D eigenvalue weighted by molar-refractivity contribution is 0.262. The fourth-order valence-electron chi connectivity index (χ4n) is 1.96. The highest BCUT2D eigenvalue weighted by molar-refractivity contribution is 7.14. The predicted octanol–water partition coefficient (Wildman–Crippen LogP) is 6.41. The van der Waals surface area contributed by atoms with Crippen LogP contribution < -0.4 is 10.6 Å². The molecule has 0 radical (unpaired) electrons. The van der Waals surface area contributed by atoms with E-state index in [0.717, 1.165) is 0 Å². The number of rotatable bonds is 3. The molecule has 0 saturated carbocycles. The summed E-state index contributed by atoms with van der Waals surface area (Å²) in [6.45, 7) is 0. The van der Waals surface area contributed by atoms with E-state index in [9.17, 15) is 4.79 Å². The monoisotopic (exact) mass is 397 g/mol. The van der Waals surface area contributed by atoms with Gasteiger partial charge in [0.25, 0.3) is 0 Å². The van der Waals surface area contributed by atoms with Crippen molar-refractivity contribution in [3.63, 3.8) is 0 Å². The molecule has 0 aliphatic heterocycles. The number of para-hydroxylation sites is 1. The first-order chi connectivity index (χ1) is 11.5. The molecular formula is C16H10Cl3N3OS. The van der Waals surface area contributed by atoms with Crippen LogP contribution in [-0.2, 0) is 0 Å². The zero-order chi connectivity index (χ0) is 17.1. The SMILES string of the molecule is O=C(Nc1nc(-c2cc(Cl)ccc2Cl)cs1)Nc1ccccc1Cl. The molecule has 1 aromatic heterocycles. The molecule has 3 rings (SSSR count). The quantitative estimate of drug-likeness (QED) is 0.535. The highest BCUT2D eigenvalue weighted by Gasteiger charge is 2.11. The van der Waals surface area contributed by atoms with Gasteiger partial charge in [-0.2, -0.15) is 0 Å². The average Bonchev–Trinajstić information content (AvgIpc) is 3.00. The lowest BCUT2D eigenvalue weighted by atomic mass is 10.2. The van der Waals surface area contributed by atoms with Gasteiger partial charge in [-0.15, -0.1) is 11.3 Å². The van der Waals surface area contributed by atoms with Crippen molar-refractivity contribution in [1.82, 2.24) is 4.98 Å². The van der Waals surface area contributed by atoms with Crippen LogP contribution in [0.4, 0.5) is 15.6 Å². The van der Waals surface area contributed by atoms with E-state index >= 15 is 0 Å². The molecule has 1 heterocycles. The first-order valence-electron chi connectivity index (χ1n) is 6.76. The van der Waals surface area contributed by atoms with Crippen molar-refractivity contribution in [3.05, 3.63) is 62.9 Å². The number of nitrogens with one attached hydrogen (secondary N) is 2. The molecule has 0 aliphatic carbocycles. The Morgan fingerprint density at radius 3 is 2.58 bits per heavy atom. The molecule has 122 valence electrons. The maximum atomic E-state index is 12.0. The molecule has 24 heavy (non-hydrogen) atoms. The van der Waals surface area contributed by atoms with Crippen molar-refractivity contribution < 1.29 is 4.79 Å². The van der Waals surface area contributed by atoms with Gasteiger partial charge in [0.2, 0.25) is 0 Å². The molecule has 0 spiro atoms. The van der Waals surface area contributed by atoms with E-state index in [4.69, 9.17) is 34.8 Å². The Balaban J connectivity index is 1.73. The first kappa shape index (κ1) is 17.0. The van der Waals surface area contributed by atoms with Crippen LogP contribution in [0, 0.1) is 0 Å². The number of halogens is 3. The number of aromatic nitrogens is 1. The van der Waals surface area contributed by atoms with E-state index in [1.165, 1.54) is 11.3 Å². The van der Waals surface area contributed by atoms with Gasteiger partial charge < -0.3 is 5.32 Å². The summed E-state index contributed by atoms with van der Waals surface area (Å²) < 4.78 is 0. The van der Waals surface area contributed by atoms with Crippen LogP contribution in [0.15, 0.2) is 47.8 Å². The van der Waals surface area contributed by atoms with Crippen LogP contribution in [0.5, 0.6) is 0 Å². The molecule has 0 aliphatic rings. The minimum absolute atomic E-state index is 0.429. The summed E-state index contributed by atoms with van der Waals surface area (Å²) in [5.41, 5.74) is 1.87. The van der Waals surface area contributed by atoms with Gasteiger partial charge in [-0.1, -0.05) is 46.9 Å². The minimum Gasteiger partial charge on any atom is -0.306 e. The van der Waals surface area contributed by atoms with Gasteiger partial charge in [0.1, 0.15) is 0 Å². The van der Waals surface area contributed by atoms with E-state index in [1.54, 1.807) is 47.8 Å². The second-order valence-corrected chi connectivity index (χ2v) is 6.83. The van der Waals surface area contributed by atoms with Crippen LogP contribution in [0.1, 0.15) is 0 Å². The normalized spacial score (nSPS) is 10.5. The van der Waals surface area contributed by atoms with Crippen LogP contribution in [0.3, 0.4) is 0 Å². The summed E-state index contributed by atoms with van der Waals surface area (Å²) in [6, 6.07) is 11.7. The highest BCUT2D eigenvalue weighted by atomic mass is 35.5. The van der Waals surface area contributed by atoms with E-state index in [0.29, 0.717) is 37.1 Å². The molecule has 4 nitrogen and oxygen atoms in total. The summed E-state index contributed by atoms with van der Waals surface area (Å²) in [7, 11) is 0. The number of hydrogen-bond donors (Lipinski definition) is 2. The molecule has 2 aromatic carbocycles. The fraction of sp³-hybridized carbons (Fsp3) is 0. The van der Waals surface area contributed by atoms with E-state index in [-0.39, 0.29) is 0 Å². The number of thiazole rings is 1. The number of benzene rings is 2. The Bertz CT molecular complexity index is 898. The van der Waals surface area contributed by atoms with Gasteiger partial charge in [0, 0.05) is 16.0 Å². The van der Waals surface area contributed by atoms with Crippen molar-refractivity contribution in [3.8, 4) is 11.3 Å². The Kier molecular flexibility index (Phi) is 5.26. The lowest BCUT2D eigenvalue weighted by Crippen LogP contribution is -2.19. The summed E-state index contributed by atoms with van der Waals surface area (Å²) >= 11 is 19.4. The fourth-order valence-corrected chi connectivity index (χ4v) is 3.24. The van der Waals surface area contributed by atoms with Gasteiger partial charge in [-0.05, 0) is 30.3 Å². The third-order valence-electron chi connectivity index (χ3n) is 3.05. The van der Waals surface area contributed by atoms with Crippen molar-refractivity contribution in [2.75, 3.05) is 10.6 Å². The predicted molar refractivity (Wildman–Crippen MR) is 102 cm³/mol. The Morgan fingerprint density at radius 1 is 1.00 bits per heavy atom. The van der Waals surface area contributed by atoms with Crippen molar-refractivity contribution >= 4 is 63.0 Å². The number of anilines is 2. The molecule has 2 N–H and O–H groups in total. The molecule has 0 atom stereocenters. The van der Waals surface area contributed by atoms with Gasteiger partial charge in [0.05, 0.1) is 21.4 Å². The maximum absolute atomic E-state index is 12.0. The lowest BCUT2D eigenvalue weighted by Gasteiger charge is -2.06. The minimum atomic E-state index is -0.429. The highest BCUT2D eigenvalue weighted by Crippen LogP contribution is 2.32. The van der Waals surface area contributed by atoms with Crippen LogP contribution in [0.25, 0.3) is 11.3 Å². The number of nitrogens with zero attached hydrogens (tertiary/aromatic N) is 1. The molecular weight excluding hydrogens is 389 g/mol. The maximum Gasteiger partial charge on any atom is 0.325 e. The molecule has 0 saturated heterocycles. The van der Waals surface area contributed by atoms with E-state index < -0.39 is 6.03 Å². The summed E-state index contributed by atoms with van der Waals surface area (Å²) in [4.78, 5) is 16.4. The van der Waals surface area contributed by atoms with Crippen molar-refractivity contribution in [1.29, 1.82) is 0 Å². The molecule has 2 amide bonds. The zero-order valence-electron chi connectivity index (χ0n) is 12.0. The standard InChI is InChI=1S/C16H10Cl3N3OS/c17-9-5-6-11(18)10(7-9)14-8-24-16(21-14)22-15(23)20-13-4-2-1-3-12(13)19/h1-8H,(H2,20,21,22,23). The Hall–Kier alpha value is -1.79. The molecule has 3 aromatic rings. The summed E-state index contributed by atoms with van der Waals surface area (Å²) in [6.07, 6.45) is 0. The number of carbonyl (C=O) groups is 1. The molecule has 0 bridgehead atoms. The van der Waals surface area contributed by atoms with Crippen molar-refractivity contribution in [2.24, 2.45) is 0 Å². The first-order valence-corrected chi connectivity index (χ1v) is 8.78. The number of amides is 2. The van der Waals surface area contributed by atoms with Gasteiger partial charge >= 0.3 is 6.03 Å². The molecule has 0 fully saturated rings. The van der Waals surface area contributed by atoms with Crippen LogP contribution >= 0.6 is 46.1 Å². The van der Waals surface area contributed by atoms with Gasteiger partial charge in [0.15, 0.2) is 5.13 Å². The Morgan fingerprint density at radius 2 is 1.79 bits per heavy atom.